The lowest BCUT2D eigenvalue weighted by atomic mass is 10.1. The van der Waals surface area contributed by atoms with Gasteiger partial charge in [0.05, 0.1) is 17.7 Å². The van der Waals surface area contributed by atoms with E-state index in [2.05, 4.69) is 5.32 Å². The molecule has 1 N–H and O–H groups in total. The Labute approximate surface area is 229 Å². The molecule has 8 nitrogen and oxygen atoms in total. The number of amides is 2. The van der Waals surface area contributed by atoms with Crippen LogP contribution < -0.4 is 14.4 Å². The summed E-state index contributed by atoms with van der Waals surface area (Å²) in [5.74, 6) is -0.887. The van der Waals surface area contributed by atoms with Gasteiger partial charge < -0.3 is 15.0 Å². The third-order valence-electron chi connectivity index (χ3n) is 6.23. The lowest BCUT2D eigenvalue weighted by Gasteiger charge is -2.33. The number of aryl methyl sites for hydroxylation is 1. The molecule has 0 aliphatic rings. The molecule has 0 aliphatic carbocycles. The Kier molecular flexibility index (Phi) is 10.1. The molecule has 0 aromatic heterocycles. The van der Waals surface area contributed by atoms with E-state index in [0.717, 1.165) is 22.0 Å². The maximum atomic E-state index is 13.9. The SMILES string of the molecule is CCNC(=O)[C@@H](CC)N(Cc1cccc(OC)c1)C(=O)CN(c1ccc(F)cc1)S(=O)(=O)c1ccc(C)cc1. The first-order valence-corrected chi connectivity index (χ1v) is 14.1. The van der Waals surface area contributed by atoms with Crippen molar-refractivity contribution in [1.82, 2.24) is 10.2 Å². The minimum atomic E-state index is -4.22. The van der Waals surface area contributed by atoms with E-state index >= 15 is 0 Å². The average molecular weight is 556 g/mol. The minimum Gasteiger partial charge on any atom is -0.497 e. The molecule has 0 saturated carbocycles. The summed E-state index contributed by atoms with van der Waals surface area (Å²) in [4.78, 5) is 28.3. The molecule has 0 radical (unpaired) electrons. The number of benzene rings is 3. The first-order valence-electron chi connectivity index (χ1n) is 12.7. The smallest absolute Gasteiger partial charge is 0.264 e. The highest BCUT2D eigenvalue weighted by Gasteiger charge is 2.33. The number of likely N-dealkylation sites (N-methyl/N-ethyl adjacent to an activating group) is 1. The number of nitrogens with one attached hydrogen (secondary N) is 1. The summed E-state index contributed by atoms with van der Waals surface area (Å²) in [6.07, 6.45) is 0.308. The first-order chi connectivity index (χ1) is 18.6. The van der Waals surface area contributed by atoms with Crippen LogP contribution in [-0.2, 0) is 26.2 Å². The highest BCUT2D eigenvalue weighted by Crippen LogP contribution is 2.26. The number of methoxy groups -OCH3 is 1. The van der Waals surface area contributed by atoms with Crippen LogP contribution in [0.4, 0.5) is 10.1 Å². The Morgan fingerprint density at radius 2 is 1.67 bits per heavy atom. The normalized spacial score (nSPS) is 11.9. The number of rotatable bonds is 12. The molecule has 0 saturated heterocycles. The topological polar surface area (TPSA) is 96.0 Å². The predicted octanol–water partition coefficient (Wildman–Crippen LogP) is 4.28. The van der Waals surface area contributed by atoms with Crippen molar-refractivity contribution in [2.45, 2.75) is 44.7 Å². The largest absolute Gasteiger partial charge is 0.497 e. The standard InChI is InChI=1S/C29H34FN3O5S/c1-5-27(29(35)31-6-2)32(19-22-8-7-9-25(18-22)38-4)28(34)20-33(24-14-12-23(30)13-15-24)39(36,37)26-16-10-21(3)11-17-26/h7-18,27H,5-6,19-20H2,1-4H3,(H,31,35)/t27-/m1/s1. The predicted molar refractivity (Wildman–Crippen MR) is 148 cm³/mol. The molecule has 3 rings (SSSR count). The Balaban J connectivity index is 2.06. The van der Waals surface area contributed by atoms with Gasteiger partial charge in [0.25, 0.3) is 10.0 Å². The van der Waals surface area contributed by atoms with Gasteiger partial charge in [-0.3, -0.25) is 13.9 Å². The Hall–Kier alpha value is -3.92. The van der Waals surface area contributed by atoms with Gasteiger partial charge in [0, 0.05) is 13.1 Å². The number of nitrogens with zero attached hydrogens (tertiary/aromatic N) is 2. The van der Waals surface area contributed by atoms with Crippen molar-refractivity contribution in [2.24, 2.45) is 0 Å². The number of anilines is 1. The van der Waals surface area contributed by atoms with Gasteiger partial charge in [-0.05, 0) is 74.4 Å². The lowest BCUT2D eigenvalue weighted by Crippen LogP contribution is -2.52. The molecule has 10 heteroatoms. The van der Waals surface area contributed by atoms with Gasteiger partial charge in [-0.2, -0.15) is 0 Å². The Morgan fingerprint density at radius 1 is 1.00 bits per heavy atom. The molecule has 0 unspecified atom stereocenters. The Bertz CT molecular complexity index is 1380. The van der Waals surface area contributed by atoms with Crippen LogP contribution in [0.5, 0.6) is 5.75 Å². The summed E-state index contributed by atoms with van der Waals surface area (Å²) in [6, 6.07) is 17.4. The van der Waals surface area contributed by atoms with E-state index in [0.29, 0.717) is 24.3 Å². The number of ether oxygens (including phenoxy) is 1. The summed E-state index contributed by atoms with van der Waals surface area (Å²) in [5.41, 5.74) is 1.70. The monoisotopic (exact) mass is 555 g/mol. The number of hydrogen-bond donors (Lipinski definition) is 1. The molecule has 2 amide bonds. The molecule has 1 atom stereocenters. The maximum absolute atomic E-state index is 13.9. The fourth-order valence-corrected chi connectivity index (χ4v) is 5.57. The molecule has 0 heterocycles. The molecule has 3 aromatic carbocycles. The third-order valence-corrected chi connectivity index (χ3v) is 8.01. The molecule has 0 bridgehead atoms. The second-order valence-corrected chi connectivity index (χ2v) is 10.9. The van der Waals surface area contributed by atoms with Gasteiger partial charge in [0.2, 0.25) is 11.8 Å². The van der Waals surface area contributed by atoms with Gasteiger partial charge in [0.15, 0.2) is 0 Å². The molecule has 3 aromatic rings. The van der Waals surface area contributed by atoms with Crippen molar-refractivity contribution in [1.29, 1.82) is 0 Å². The van der Waals surface area contributed by atoms with E-state index in [9.17, 15) is 22.4 Å². The third kappa shape index (κ3) is 7.35. The number of hydrogen-bond acceptors (Lipinski definition) is 5. The summed E-state index contributed by atoms with van der Waals surface area (Å²) in [6.45, 7) is 5.23. The Morgan fingerprint density at radius 3 is 2.26 bits per heavy atom. The summed E-state index contributed by atoms with van der Waals surface area (Å²) in [7, 11) is -2.69. The van der Waals surface area contributed by atoms with E-state index < -0.39 is 34.3 Å². The van der Waals surface area contributed by atoms with Gasteiger partial charge in [0.1, 0.15) is 24.2 Å². The molecular formula is C29H34FN3O5S. The number of carbonyl (C=O) groups excluding carboxylic acids is 2. The second kappa shape index (κ2) is 13.2. The quantitative estimate of drug-likeness (QED) is 0.360. The zero-order chi connectivity index (χ0) is 28.6. The molecule has 208 valence electrons. The van der Waals surface area contributed by atoms with E-state index in [4.69, 9.17) is 4.74 Å². The molecule has 0 fully saturated rings. The number of halogens is 1. The van der Waals surface area contributed by atoms with Crippen molar-refractivity contribution in [3.05, 3.63) is 89.7 Å². The maximum Gasteiger partial charge on any atom is 0.264 e. The zero-order valence-corrected chi connectivity index (χ0v) is 23.4. The fourth-order valence-electron chi connectivity index (χ4n) is 4.15. The van der Waals surface area contributed by atoms with Crippen molar-refractivity contribution < 1.29 is 27.1 Å². The highest BCUT2D eigenvalue weighted by molar-refractivity contribution is 7.92. The van der Waals surface area contributed by atoms with Crippen molar-refractivity contribution >= 4 is 27.5 Å². The van der Waals surface area contributed by atoms with E-state index in [1.54, 1.807) is 50.2 Å². The molecule has 39 heavy (non-hydrogen) atoms. The average Bonchev–Trinajstić information content (AvgIpc) is 2.92. The van der Waals surface area contributed by atoms with Crippen LogP contribution in [0.2, 0.25) is 0 Å². The van der Waals surface area contributed by atoms with E-state index in [1.165, 1.54) is 36.3 Å². The van der Waals surface area contributed by atoms with E-state index in [-0.39, 0.29) is 23.0 Å². The van der Waals surface area contributed by atoms with Crippen LogP contribution in [0.25, 0.3) is 0 Å². The molecule has 0 aliphatic heterocycles. The second-order valence-electron chi connectivity index (χ2n) is 8.99. The van der Waals surface area contributed by atoms with Crippen molar-refractivity contribution in [3.63, 3.8) is 0 Å². The highest BCUT2D eigenvalue weighted by atomic mass is 32.2. The number of sulfonamides is 1. The van der Waals surface area contributed by atoms with Crippen LogP contribution >= 0.6 is 0 Å². The molecular weight excluding hydrogens is 521 g/mol. The van der Waals surface area contributed by atoms with E-state index in [1.807, 2.05) is 6.92 Å². The van der Waals surface area contributed by atoms with Gasteiger partial charge in [-0.15, -0.1) is 0 Å². The summed E-state index contributed by atoms with van der Waals surface area (Å²) >= 11 is 0. The summed E-state index contributed by atoms with van der Waals surface area (Å²) in [5, 5.41) is 2.76. The first kappa shape index (κ1) is 29.6. The van der Waals surface area contributed by atoms with Crippen LogP contribution in [0.15, 0.2) is 77.7 Å². The fraction of sp³-hybridized carbons (Fsp3) is 0.310. The van der Waals surface area contributed by atoms with Gasteiger partial charge >= 0.3 is 0 Å². The van der Waals surface area contributed by atoms with Gasteiger partial charge in [-0.25, -0.2) is 12.8 Å². The minimum absolute atomic E-state index is 0.0136. The molecule has 0 spiro atoms. The number of carbonyl (C=O) groups is 2. The van der Waals surface area contributed by atoms with Crippen LogP contribution in [0, 0.1) is 12.7 Å². The van der Waals surface area contributed by atoms with Crippen LogP contribution in [-0.4, -0.2) is 51.4 Å². The lowest BCUT2D eigenvalue weighted by molar-refractivity contribution is -0.140. The van der Waals surface area contributed by atoms with Crippen molar-refractivity contribution in [2.75, 3.05) is 24.5 Å². The van der Waals surface area contributed by atoms with Gasteiger partial charge in [-0.1, -0.05) is 36.8 Å². The van der Waals surface area contributed by atoms with Crippen molar-refractivity contribution in [3.8, 4) is 5.75 Å². The van der Waals surface area contributed by atoms with Crippen LogP contribution in [0.1, 0.15) is 31.4 Å². The zero-order valence-electron chi connectivity index (χ0n) is 22.6. The van der Waals surface area contributed by atoms with Crippen LogP contribution in [0.3, 0.4) is 0 Å². The summed E-state index contributed by atoms with van der Waals surface area (Å²) < 4.78 is 47.5.